The number of hydrogen-bond acceptors (Lipinski definition) is 3. The quantitative estimate of drug-likeness (QED) is 0.754. The van der Waals surface area contributed by atoms with Crippen LogP contribution in [-0.4, -0.2) is 49.2 Å². The molecule has 1 aromatic carbocycles. The van der Waals surface area contributed by atoms with E-state index in [9.17, 15) is 13.2 Å². The van der Waals surface area contributed by atoms with Crippen LogP contribution < -0.4 is 0 Å². The number of rotatable bonds is 5. The number of carbonyl (C=O) groups excluding carboxylic acids is 1. The third kappa shape index (κ3) is 4.13. The Morgan fingerprint density at radius 1 is 0.893 bits per heavy atom. The molecule has 1 aliphatic carbocycles. The highest BCUT2D eigenvalue weighted by Crippen LogP contribution is 2.35. The van der Waals surface area contributed by atoms with Gasteiger partial charge in [0.15, 0.2) is 0 Å². The van der Waals surface area contributed by atoms with Crippen molar-refractivity contribution in [1.82, 2.24) is 9.21 Å². The van der Waals surface area contributed by atoms with Crippen molar-refractivity contribution in [2.45, 2.75) is 75.1 Å². The van der Waals surface area contributed by atoms with Crippen molar-refractivity contribution in [2.75, 3.05) is 19.6 Å². The molecule has 3 aliphatic rings. The van der Waals surface area contributed by atoms with E-state index in [0.717, 1.165) is 31.4 Å². The van der Waals surface area contributed by atoms with Gasteiger partial charge in [-0.2, -0.15) is 4.31 Å². The van der Waals surface area contributed by atoms with Gasteiger partial charge >= 0.3 is 0 Å². The number of nitrogens with zero attached hydrogens (tertiary/aromatic N) is 2. The van der Waals surface area contributed by atoms with Crippen molar-refractivity contribution >= 4 is 15.9 Å². The predicted molar refractivity (Wildman–Crippen MR) is 109 cm³/mol. The zero-order valence-corrected chi connectivity index (χ0v) is 17.5. The van der Waals surface area contributed by atoms with E-state index in [1.54, 1.807) is 16.4 Å². The van der Waals surface area contributed by atoms with E-state index in [1.165, 1.54) is 32.1 Å². The lowest BCUT2D eigenvalue weighted by Crippen LogP contribution is -2.49. The summed E-state index contributed by atoms with van der Waals surface area (Å²) in [6.45, 7) is 2.15. The molecule has 2 aliphatic heterocycles. The number of amides is 1. The maximum atomic E-state index is 12.8. The number of sulfonamides is 1. The summed E-state index contributed by atoms with van der Waals surface area (Å²) in [4.78, 5) is 15.4. The molecule has 0 spiro atoms. The van der Waals surface area contributed by atoms with Crippen molar-refractivity contribution in [3.05, 3.63) is 29.8 Å². The molecule has 6 heteroatoms. The molecule has 0 N–H and O–H groups in total. The lowest BCUT2D eigenvalue weighted by Gasteiger charge is -2.44. The number of fused-ring (bicyclic) bond motifs is 1. The third-order valence-electron chi connectivity index (χ3n) is 6.82. The first kappa shape index (κ1) is 19.9. The van der Waals surface area contributed by atoms with Crippen LogP contribution in [0.1, 0.15) is 63.4 Å². The van der Waals surface area contributed by atoms with Gasteiger partial charge in [0.1, 0.15) is 0 Å². The van der Waals surface area contributed by atoms with E-state index >= 15 is 0 Å². The van der Waals surface area contributed by atoms with Crippen molar-refractivity contribution in [2.24, 2.45) is 5.92 Å². The number of carbonyl (C=O) groups is 1. The Balaban J connectivity index is 1.35. The van der Waals surface area contributed by atoms with Gasteiger partial charge in [-0.05, 0) is 68.6 Å². The molecule has 0 radical (unpaired) electrons. The Hall–Kier alpha value is -1.40. The summed E-state index contributed by atoms with van der Waals surface area (Å²) in [5, 5.41) is 0. The minimum atomic E-state index is -3.36. The molecule has 2 atom stereocenters. The second-order valence-corrected chi connectivity index (χ2v) is 10.5. The number of aryl methyl sites for hydroxylation is 1. The largest absolute Gasteiger partial charge is 0.339 e. The first-order chi connectivity index (χ1) is 13.6. The second-order valence-electron chi connectivity index (χ2n) is 8.60. The summed E-state index contributed by atoms with van der Waals surface area (Å²) >= 11 is 0. The molecule has 2 heterocycles. The van der Waals surface area contributed by atoms with Crippen LogP contribution in [0, 0.1) is 5.92 Å². The molecule has 28 heavy (non-hydrogen) atoms. The van der Waals surface area contributed by atoms with E-state index in [1.807, 2.05) is 12.1 Å². The SMILES string of the molecule is O=C(CCc1ccc(S(=O)(=O)N2CCCC2)cc1)N1CCC[C@@H]2CCCC[C@@H]21. The maximum Gasteiger partial charge on any atom is 0.243 e. The normalized spacial score (nSPS) is 26.2. The van der Waals surface area contributed by atoms with Gasteiger partial charge < -0.3 is 4.90 Å². The first-order valence-corrected chi connectivity index (χ1v) is 12.4. The fourth-order valence-corrected chi connectivity index (χ4v) is 6.75. The van der Waals surface area contributed by atoms with Gasteiger partial charge in [0.05, 0.1) is 4.90 Å². The molecule has 3 fully saturated rings. The topological polar surface area (TPSA) is 57.7 Å². The van der Waals surface area contributed by atoms with Crippen LogP contribution in [-0.2, 0) is 21.2 Å². The van der Waals surface area contributed by atoms with Crippen molar-refractivity contribution in [3.8, 4) is 0 Å². The Morgan fingerprint density at radius 3 is 2.32 bits per heavy atom. The minimum absolute atomic E-state index is 0.269. The molecular weight excluding hydrogens is 372 g/mol. The average Bonchev–Trinajstić information content (AvgIpc) is 3.28. The maximum absolute atomic E-state index is 12.8. The van der Waals surface area contributed by atoms with E-state index in [-0.39, 0.29) is 5.91 Å². The zero-order valence-electron chi connectivity index (χ0n) is 16.7. The Morgan fingerprint density at radius 2 is 1.57 bits per heavy atom. The van der Waals surface area contributed by atoms with E-state index in [2.05, 4.69) is 4.90 Å². The van der Waals surface area contributed by atoms with E-state index < -0.39 is 10.0 Å². The van der Waals surface area contributed by atoms with Crippen LogP contribution in [0.15, 0.2) is 29.2 Å². The summed E-state index contributed by atoms with van der Waals surface area (Å²) in [6, 6.07) is 7.60. The highest BCUT2D eigenvalue weighted by Gasteiger charge is 2.35. The van der Waals surface area contributed by atoms with Crippen LogP contribution in [0.4, 0.5) is 0 Å². The molecule has 0 bridgehead atoms. The molecule has 154 valence electrons. The molecule has 2 saturated heterocycles. The monoisotopic (exact) mass is 404 g/mol. The number of likely N-dealkylation sites (tertiary alicyclic amines) is 1. The lowest BCUT2D eigenvalue weighted by atomic mass is 9.78. The van der Waals surface area contributed by atoms with Crippen LogP contribution in [0.3, 0.4) is 0 Å². The third-order valence-corrected chi connectivity index (χ3v) is 8.73. The summed E-state index contributed by atoms with van der Waals surface area (Å²) in [7, 11) is -3.36. The van der Waals surface area contributed by atoms with Gasteiger partial charge in [0.2, 0.25) is 15.9 Å². The molecule has 1 aromatic rings. The lowest BCUT2D eigenvalue weighted by molar-refractivity contribution is -0.137. The molecule has 0 unspecified atom stereocenters. The van der Waals surface area contributed by atoms with Gasteiger partial charge in [-0.1, -0.05) is 25.0 Å². The molecule has 1 saturated carbocycles. The van der Waals surface area contributed by atoms with Gasteiger partial charge in [-0.15, -0.1) is 0 Å². The number of benzene rings is 1. The van der Waals surface area contributed by atoms with E-state index in [0.29, 0.717) is 42.8 Å². The zero-order chi connectivity index (χ0) is 19.6. The van der Waals surface area contributed by atoms with Crippen molar-refractivity contribution < 1.29 is 13.2 Å². The average molecular weight is 405 g/mol. The van der Waals surface area contributed by atoms with Crippen LogP contribution in [0.2, 0.25) is 0 Å². The highest BCUT2D eigenvalue weighted by molar-refractivity contribution is 7.89. The van der Waals surface area contributed by atoms with Crippen LogP contribution >= 0.6 is 0 Å². The van der Waals surface area contributed by atoms with Crippen LogP contribution in [0.25, 0.3) is 0 Å². The first-order valence-electron chi connectivity index (χ1n) is 10.9. The smallest absolute Gasteiger partial charge is 0.243 e. The Kier molecular flexibility index (Phi) is 6.07. The molecule has 5 nitrogen and oxygen atoms in total. The second kappa shape index (κ2) is 8.54. The van der Waals surface area contributed by atoms with Gasteiger partial charge in [0, 0.05) is 32.1 Å². The summed E-state index contributed by atoms with van der Waals surface area (Å²) in [5.41, 5.74) is 1.03. The van der Waals surface area contributed by atoms with E-state index in [4.69, 9.17) is 0 Å². The Labute approximate surface area is 169 Å². The Bertz CT molecular complexity index is 783. The fourth-order valence-electron chi connectivity index (χ4n) is 5.23. The number of piperidine rings is 1. The molecular formula is C22H32N2O3S. The highest BCUT2D eigenvalue weighted by atomic mass is 32.2. The standard InChI is InChI=1S/C22H32N2O3S/c25-22(24-17-5-7-19-6-1-2-8-21(19)24)14-11-18-9-12-20(13-10-18)28(26,27)23-15-3-4-16-23/h9-10,12-13,19,21H,1-8,11,14-17H2/t19-,21-/m0/s1. The van der Waals surface area contributed by atoms with Crippen molar-refractivity contribution in [1.29, 1.82) is 0 Å². The summed E-state index contributed by atoms with van der Waals surface area (Å²) in [6.07, 6.45) is 10.5. The molecule has 1 amide bonds. The predicted octanol–water partition coefficient (Wildman–Crippen LogP) is 3.58. The van der Waals surface area contributed by atoms with Crippen LogP contribution in [0.5, 0.6) is 0 Å². The van der Waals surface area contributed by atoms with Gasteiger partial charge in [0.25, 0.3) is 0 Å². The minimum Gasteiger partial charge on any atom is -0.339 e. The summed E-state index contributed by atoms with van der Waals surface area (Å²) in [5.74, 6) is 0.979. The van der Waals surface area contributed by atoms with Gasteiger partial charge in [-0.3, -0.25) is 4.79 Å². The van der Waals surface area contributed by atoms with Crippen molar-refractivity contribution in [3.63, 3.8) is 0 Å². The molecule has 4 rings (SSSR count). The molecule has 0 aromatic heterocycles. The fraction of sp³-hybridized carbons (Fsp3) is 0.682. The number of hydrogen-bond donors (Lipinski definition) is 0. The summed E-state index contributed by atoms with van der Waals surface area (Å²) < 4.78 is 26.8. The van der Waals surface area contributed by atoms with Gasteiger partial charge in [-0.25, -0.2) is 8.42 Å².